The predicted octanol–water partition coefficient (Wildman–Crippen LogP) is 4.71. The molecule has 0 atom stereocenters. The number of anilines is 1. The molecule has 0 aliphatic heterocycles. The highest BCUT2D eigenvalue weighted by atomic mass is 35.5. The monoisotopic (exact) mass is 405 g/mol. The molecule has 2 aromatic rings. The van der Waals surface area contributed by atoms with Crippen molar-refractivity contribution in [2.24, 2.45) is 5.10 Å². The zero-order chi connectivity index (χ0) is 19.8. The lowest BCUT2D eigenvalue weighted by atomic mass is 10.2. The van der Waals surface area contributed by atoms with E-state index in [0.717, 1.165) is 16.1 Å². The van der Waals surface area contributed by atoms with Crippen LogP contribution in [0.5, 0.6) is 5.75 Å². The predicted molar refractivity (Wildman–Crippen MR) is 111 cm³/mol. The van der Waals surface area contributed by atoms with Crippen LogP contribution in [-0.2, 0) is 4.79 Å². The molecule has 0 spiro atoms. The summed E-state index contributed by atoms with van der Waals surface area (Å²) in [7, 11) is 0. The highest BCUT2D eigenvalue weighted by Crippen LogP contribution is 2.25. The number of hydrogen-bond acceptors (Lipinski definition) is 6. The molecule has 0 aliphatic rings. The summed E-state index contributed by atoms with van der Waals surface area (Å²) in [5.74, 6) is -0.00290. The van der Waals surface area contributed by atoms with Gasteiger partial charge < -0.3 is 15.3 Å². The average Bonchev–Trinajstić information content (AvgIpc) is 2.64. The van der Waals surface area contributed by atoms with E-state index in [1.165, 1.54) is 11.8 Å². The van der Waals surface area contributed by atoms with E-state index in [0.29, 0.717) is 27.9 Å². The number of carboxylic acids is 1. The minimum atomic E-state index is -1.01. The van der Waals surface area contributed by atoms with Crippen LogP contribution in [0.15, 0.2) is 52.5 Å². The molecular weight excluding hydrogens is 386 g/mol. The summed E-state index contributed by atoms with van der Waals surface area (Å²) in [5, 5.41) is 21.7. The van der Waals surface area contributed by atoms with Gasteiger partial charge in [-0.05, 0) is 61.9 Å². The Hall–Kier alpha value is -2.51. The normalized spacial score (nSPS) is 11.1. The number of thioether (sulfide) groups is 1. The van der Waals surface area contributed by atoms with Crippen LogP contribution in [0.3, 0.4) is 0 Å². The van der Waals surface area contributed by atoms with E-state index in [1.54, 1.807) is 25.1 Å². The number of carboxylic acid groups (broad SMARTS) is 1. The van der Waals surface area contributed by atoms with Gasteiger partial charge in [0, 0.05) is 15.7 Å². The van der Waals surface area contributed by atoms with Gasteiger partial charge in [-0.3, -0.25) is 5.43 Å². The fraction of sp³-hybridized carbons (Fsp3) is 0.211. The van der Waals surface area contributed by atoms with Gasteiger partial charge in [-0.15, -0.1) is 11.8 Å². The van der Waals surface area contributed by atoms with Gasteiger partial charge in [-0.1, -0.05) is 11.6 Å². The number of aliphatic carboxylic acids is 1. The molecule has 27 heavy (non-hydrogen) atoms. The Morgan fingerprint density at radius 1 is 1.30 bits per heavy atom. The van der Waals surface area contributed by atoms with E-state index in [-0.39, 0.29) is 6.61 Å². The number of carbonyl (C=O) groups is 1. The molecule has 0 saturated heterocycles. The van der Waals surface area contributed by atoms with Crippen molar-refractivity contribution in [2.75, 3.05) is 17.8 Å². The van der Waals surface area contributed by atoms with E-state index < -0.39 is 5.97 Å². The van der Waals surface area contributed by atoms with Gasteiger partial charge in [0.15, 0.2) is 6.61 Å². The van der Waals surface area contributed by atoms with Crippen LogP contribution >= 0.6 is 23.4 Å². The van der Waals surface area contributed by atoms with Crippen molar-refractivity contribution in [1.82, 2.24) is 0 Å². The van der Waals surface area contributed by atoms with Crippen molar-refractivity contribution in [3.8, 4) is 5.75 Å². The molecule has 0 unspecified atom stereocenters. The first-order valence-electron chi connectivity index (χ1n) is 8.07. The number of ether oxygens (including phenoxy) is 1. The summed E-state index contributed by atoms with van der Waals surface area (Å²) in [6.07, 6.45) is 0. The molecule has 0 saturated carbocycles. The molecule has 0 fully saturated rings. The number of aryl methyl sites for hydroxylation is 1. The maximum atomic E-state index is 10.6. The highest BCUT2D eigenvalue weighted by Gasteiger charge is 2.07. The Morgan fingerprint density at radius 3 is 2.63 bits per heavy atom. The largest absolute Gasteiger partial charge is 0.482 e. The lowest BCUT2D eigenvalue weighted by Crippen LogP contribution is -2.13. The average molecular weight is 406 g/mol. The Kier molecular flexibility index (Phi) is 7.69. The molecule has 0 heterocycles. The molecule has 0 amide bonds. The molecular formula is C19H20ClN3O3S. The first-order chi connectivity index (χ1) is 12.8. The Balaban J connectivity index is 1.88. The van der Waals surface area contributed by atoms with E-state index in [9.17, 15) is 4.79 Å². The molecule has 0 aliphatic carbocycles. The molecule has 6 nitrogen and oxygen atoms in total. The first kappa shape index (κ1) is 20.8. The van der Waals surface area contributed by atoms with Crippen LogP contribution in [0.4, 0.5) is 5.69 Å². The number of benzene rings is 2. The Bertz CT molecular complexity index is 854. The van der Waals surface area contributed by atoms with E-state index in [4.69, 9.17) is 26.9 Å². The topological polar surface area (TPSA) is 94.8 Å². The van der Waals surface area contributed by atoms with Crippen LogP contribution in [0, 0.1) is 12.3 Å². The zero-order valence-corrected chi connectivity index (χ0v) is 16.5. The summed E-state index contributed by atoms with van der Waals surface area (Å²) < 4.78 is 5.21. The minimum absolute atomic E-state index is 0.367. The van der Waals surface area contributed by atoms with Crippen LogP contribution in [-0.4, -0.2) is 34.9 Å². The van der Waals surface area contributed by atoms with Gasteiger partial charge >= 0.3 is 5.97 Å². The van der Waals surface area contributed by atoms with Gasteiger partial charge in [0.25, 0.3) is 0 Å². The van der Waals surface area contributed by atoms with Gasteiger partial charge in [-0.25, -0.2) is 4.79 Å². The van der Waals surface area contributed by atoms with Crippen LogP contribution in [0.1, 0.15) is 12.5 Å². The number of nitrogens with zero attached hydrogens (tertiary/aromatic N) is 1. The van der Waals surface area contributed by atoms with Crippen LogP contribution < -0.4 is 10.2 Å². The third-order valence-corrected chi connectivity index (χ3v) is 4.79. The summed E-state index contributed by atoms with van der Waals surface area (Å²) in [6.45, 7) is 3.27. The molecule has 142 valence electrons. The second kappa shape index (κ2) is 9.99. The van der Waals surface area contributed by atoms with Gasteiger partial charge in [0.05, 0.1) is 17.1 Å². The van der Waals surface area contributed by atoms with Crippen LogP contribution in [0.2, 0.25) is 5.02 Å². The second-order valence-corrected chi connectivity index (χ2v) is 7.18. The SMILES string of the molecule is C/C(=N/Nc1ccc(Cl)cc1)C(=N)CSc1ccc(OCC(=O)O)c(C)c1. The maximum Gasteiger partial charge on any atom is 0.341 e. The Labute approximate surface area is 167 Å². The fourth-order valence-corrected chi connectivity index (χ4v) is 3.08. The number of nitrogens with one attached hydrogen (secondary N) is 2. The fourth-order valence-electron chi connectivity index (χ4n) is 2.01. The molecule has 0 bridgehead atoms. The molecule has 0 radical (unpaired) electrons. The first-order valence-corrected chi connectivity index (χ1v) is 9.43. The van der Waals surface area contributed by atoms with Crippen molar-refractivity contribution in [2.45, 2.75) is 18.7 Å². The van der Waals surface area contributed by atoms with Crippen molar-refractivity contribution in [3.63, 3.8) is 0 Å². The lowest BCUT2D eigenvalue weighted by molar-refractivity contribution is -0.139. The maximum absolute atomic E-state index is 10.6. The van der Waals surface area contributed by atoms with Gasteiger partial charge in [0.1, 0.15) is 5.75 Å². The van der Waals surface area contributed by atoms with Crippen molar-refractivity contribution >= 4 is 46.4 Å². The van der Waals surface area contributed by atoms with E-state index >= 15 is 0 Å². The summed E-state index contributed by atoms with van der Waals surface area (Å²) in [4.78, 5) is 11.5. The summed E-state index contributed by atoms with van der Waals surface area (Å²) in [6, 6.07) is 12.7. The van der Waals surface area contributed by atoms with Gasteiger partial charge in [0.2, 0.25) is 0 Å². The number of hydrazone groups is 1. The smallest absolute Gasteiger partial charge is 0.341 e. The number of hydrogen-bond donors (Lipinski definition) is 3. The van der Waals surface area contributed by atoms with Crippen molar-refractivity contribution < 1.29 is 14.6 Å². The molecule has 3 N–H and O–H groups in total. The zero-order valence-electron chi connectivity index (χ0n) is 15.0. The lowest BCUT2D eigenvalue weighted by Gasteiger charge is -2.09. The molecule has 8 heteroatoms. The van der Waals surface area contributed by atoms with Crippen molar-refractivity contribution in [1.29, 1.82) is 5.41 Å². The molecule has 0 aromatic heterocycles. The quantitative estimate of drug-likeness (QED) is 0.319. The minimum Gasteiger partial charge on any atom is -0.482 e. The third kappa shape index (κ3) is 6.96. The number of halogens is 1. The standard InChI is InChI=1S/C19H20ClN3O3S/c1-12-9-16(7-8-18(12)26-10-19(24)25)27-11-17(21)13(2)22-23-15-5-3-14(20)4-6-15/h3-9,21,23H,10-11H2,1-2H3,(H,24,25)/b21-17?,22-13-. The number of rotatable bonds is 9. The highest BCUT2D eigenvalue weighted by molar-refractivity contribution is 8.00. The second-order valence-electron chi connectivity index (χ2n) is 5.69. The summed E-state index contributed by atoms with van der Waals surface area (Å²) >= 11 is 7.35. The van der Waals surface area contributed by atoms with Crippen LogP contribution in [0.25, 0.3) is 0 Å². The molecule has 2 rings (SSSR count). The Morgan fingerprint density at radius 2 is 2.00 bits per heavy atom. The van der Waals surface area contributed by atoms with E-state index in [1.807, 2.05) is 31.2 Å². The molecule has 2 aromatic carbocycles. The van der Waals surface area contributed by atoms with Crippen molar-refractivity contribution in [3.05, 3.63) is 53.1 Å². The third-order valence-electron chi connectivity index (χ3n) is 3.51. The summed E-state index contributed by atoms with van der Waals surface area (Å²) in [5.41, 5.74) is 5.55. The van der Waals surface area contributed by atoms with Gasteiger partial charge in [-0.2, -0.15) is 5.10 Å². The van der Waals surface area contributed by atoms with E-state index in [2.05, 4.69) is 10.5 Å².